The number of rotatable bonds is 9. The fourth-order valence-electron chi connectivity index (χ4n) is 5.32. The quantitative estimate of drug-likeness (QED) is 0.316. The number of nitrogens with one attached hydrogen (secondary N) is 2. The van der Waals surface area contributed by atoms with Gasteiger partial charge in [0.15, 0.2) is 0 Å². The third kappa shape index (κ3) is 8.41. The van der Waals surface area contributed by atoms with Crippen molar-refractivity contribution in [1.82, 2.24) is 15.5 Å². The Bertz CT molecular complexity index is 1140. The summed E-state index contributed by atoms with van der Waals surface area (Å²) in [7, 11) is 0. The number of piperidine rings is 1. The molecule has 2 aromatic carbocycles. The van der Waals surface area contributed by atoms with Crippen molar-refractivity contribution in [2.45, 2.75) is 81.8 Å². The minimum absolute atomic E-state index is 0. The van der Waals surface area contributed by atoms with Crippen molar-refractivity contribution < 1.29 is 19.8 Å². The molecule has 2 saturated heterocycles. The predicted octanol–water partition coefficient (Wildman–Crippen LogP) is 4.70. The number of benzene rings is 2. The number of carbonyl (C=O) groups is 2. The number of aliphatic hydroxyl groups excluding tert-OH is 1. The lowest BCUT2D eigenvalue weighted by molar-refractivity contribution is -0.130. The van der Waals surface area contributed by atoms with E-state index in [2.05, 4.69) is 15.5 Å². The van der Waals surface area contributed by atoms with Crippen molar-refractivity contribution in [3.8, 4) is 5.75 Å². The Morgan fingerprint density at radius 2 is 1.88 bits per heavy atom. The number of β-amino-alcohol motifs (C(OH)–C–C–N with tert-alkyl or cyclic N) is 1. The third-order valence-corrected chi connectivity index (χ3v) is 10.0. The van der Waals surface area contributed by atoms with Crippen molar-refractivity contribution in [1.29, 1.82) is 0 Å². The van der Waals surface area contributed by atoms with Crippen LogP contribution < -0.4 is 10.6 Å². The minimum Gasteiger partial charge on any atom is -0.508 e. The number of phenolic OH excluding ortho intramolecular Hbond substituents is 1. The van der Waals surface area contributed by atoms with Crippen molar-refractivity contribution in [3.63, 3.8) is 0 Å². The van der Waals surface area contributed by atoms with Crippen LogP contribution in [-0.2, 0) is 4.79 Å². The second kappa shape index (κ2) is 14.1. The van der Waals surface area contributed by atoms with Gasteiger partial charge in [0.25, 0.3) is 5.91 Å². The number of hydrogen-bond acceptors (Lipinski definition) is 7. The monoisotopic (exact) mass is 587 g/mol. The molecule has 4 unspecified atom stereocenters. The molecule has 2 fully saturated rings. The van der Waals surface area contributed by atoms with Crippen LogP contribution in [0.3, 0.4) is 0 Å². The first-order chi connectivity index (χ1) is 18.5. The zero-order chi connectivity index (χ0) is 28.2. The van der Waals surface area contributed by atoms with Gasteiger partial charge in [0.05, 0.1) is 18.2 Å². The summed E-state index contributed by atoms with van der Waals surface area (Å²) in [5, 5.41) is 28.3. The molecule has 4 rings (SSSR count). The van der Waals surface area contributed by atoms with Gasteiger partial charge >= 0.3 is 0 Å². The highest BCUT2D eigenvalue weighted by Gasteiger charge is 2.43. The lowest BCUT2D eigenvalue weighted by Crippen LogP contribution is -2.60. The summed E-state index contributed by atoms with van der Waals surface area (Å²) < 4.78 is 0. The molecule has 7 nitrogen and oxygen atoms in total. The molecule has 2 amide bonds. The van der Waals surface area contributed by atoms with Gasteiger partial charge in [-0.05, 0) is 76.5 Å². The molecule has 4 N–H and O–H groups in total. The van der Waals surface area contributed by atoms with E-state index in [0.29, 0.717) is 28.0 Å². The molecule has 2 heterocycles. The van der Waals surface area contributed by atoms with Crippen LogP contribution in [0, 0.1) is 12.8 Å². The van der Waals surface area contributed by atoms with Crippen molar-refractivity contribution >= 4 is 35.3 Å². The number of nitrogens with zero attached hydrogens (tertiary/aromatic N) is 1. The molecule has 0 saturated carbocycles. The SMILES string of the molecule is C.Cc1c(O)cccc1C(=O)NC(CSc1ccccc1)C(O)CN1CC2CCSC2C[C@H]1C(=O)NC(C)(C)C. The molecule has 0 aliphatic carbocycles. The maximum atomic E-state index is 13.4. The second-order valence-corrected chi connectivity index (χ2v) is 14.1. The summed E-state index contributed by atoms with van der Waals surface area (Å²) in [4.78, 5) is 29.8. The molecular formula is C31H45N3O4S2. The maximum Gasteiger partial charge on any atom is 0.252 e. The summed E-state index contributed by atoms with van der Waals surface area (Å²) in [5.41, 5.74) is 0.532. The van der Waals surface area contributed by atoms with E-state index < -0.39 is 12.1 Å². The first-order valence-corrected chi connectivity index (χ1v) is 15.7. The average Bonchev–Trinajstić information content (AvgIpc) is 3.34. The van der Waals surface area contributed by atoms with Crippen LogP contribution in [0.4, 0.5) is 0 Å². The van der Waals surface area contributed by atoms with Gasteiger partial charge in [0, 0.05) is 45.7 Å². The third-order valence-electron chi connectivity index (χ3n) is 7.44. The maximum absolute atomic E-state index is 13.4. The topological polar surface area (TPSA) is 102 Å². The lowest BCUT2D eigenvalue weighted by Gasteiger charge is -2.43. The highest BCUT2D eigenvalue weighted by molar-refractivity contribution is 8.00. The van der Waals surface area contributed by atoms with Gasteiger partial charge in [-0.25, -0.2) is 0 Å². The molecule has 2 aromatic rings. The Kier molecular flexibility index (Phi) is 11.4. The molecule has 0 aromatic heterocycles. The summed E-state index contributed by atoms with van der Waals surface area (Å²) in [6, 6.07) is 13.9. The number of hydrogen-bond donors (Lipinski definition) is 4. The van der Waals surface area contributed by atoms with Crippen LogP contribution in [0.2, 0.25) is 0 Å². The van der Waals surface area contributed by atoms with Crippen LogP contribution >= 0.6 is 23.5 Å². The van der Waals surface area contributed by atoms with Crippen LogP contribution in [0.25, 0.3) is 0 Å². The van der Waals surface area contributed by atoms with E-state index >= 15 is 0 Å². The van der Waals surface area contributed by atoms with E-state index in [1.54, 1.807) is 36.9 Å². The minimum atomic E-state index is -0.890. The van der Waals surface area contributed by atoms with Gasteiger partial charge in [-0.1, -0.05) is 31.7 Å². The molecule has 2 aliphatic heterocycles. The van der Waals surface area contributed by atoms with Crippen LogP contribution in [0.5, 0.6) is 5.75 Å². The van der Waals surface area contributed by atoms with Gasteiger partial charge in [-0.15, -0.1) is 11.8 Å². The van der Waals surface area contributed by atoms with Crippen LogP contribution in [0.1, 0.15) is 57.0 Å². The zero-order valence-corrected chi connectivity index (χ0v) is 24.9. The molecule has 220 valence electrons. The van der Waals surface area contributed by atoms with Gasteiger partial charge in [0.1, 0.15) is 5.75 Å². The fourth-order valence-corrected chi connectivity index (χ4v) is 7.90. The van der Waals surface area contributed by atoms with E-state index in [1.807, 2.05) is 62.9 Å². The summed E-state index contributed by atoms with van der Waals surface area (Å²) in [5.74, 6) is 1.79. The van der Waals surface area contributed by atoms with Gasteiger partial charge in [-0.3, -0.25) is 14.5 Å². The number of aromatic hydroxyl groups is 1. The fraction of sp³-hybridized carbons (Fsp3) is 0.548. The number of amides is 2. The van der Waals surface area contributed by atoms with Gasteiger partial charge < -0.3 is 20.8 Å². The Hall–Kier alpha value is -2.20. The molecule has 0 bridgehead atoms. The summed E-state index contributed by atoms with van der Waals surface area (Å²) in [6.07, 6.45) is 0.997. The smallest absolute Gasteiger partial charge is 0.252 e. The standard InChI is InChI=1S/C30H41N3O4S2.CH4/c1-19-22(11-8-12-25(19)34)28(36)31-23(18-39-21-9-6-5-7-10-21)26(35)17-33-16-20-13-14-38-27(20)15-24(33)29(37)32-30(2,3)4;/h5-12,20,23-24,26-27,34-35H,13-18H2,1-4H3,(H,31,36)(H,32,37);1H4/t20?,23?,24-,26?,27?;/m0./s1. The Morgan fingerprint density at radius 3 is 2.58 bits per heavy atom. The molecular weight excluding hydrogens is 542 g/mol. The summed E-state index contributed by atoms with van der Waals surface area (Å²) in [6.45, 7) is 8.70. The van der Waals surface area contributed by atoms with E-state index in [4.69, 9.17) is 0 Å². The van der Waals surface area contributed by atoms with E-state index in [-0.39, 0.29) is 43.1 Å². The average molecular weight is 588 g/mol. The first kappa shape index (κ1) is 32.3. The highest BCUT2D eigenvalue weighted by Crippen LogP contribution is 2.40. The lowest BCUT2D eigenvalue weighted by atomic mass is 9.89. The second-order valence-electron chi connectivity index (χ2n) is 11.6. The summed E-state index contributed by atoms with van der Waals surface area (Å²) >= 11 is 3.53. The molecule has 40 heavy (non-hydrogen) atoms. The zero-order valence-electron chi connectivity index (χ0n) is 23.2. The Morgan fingerprint density at radius 1 is 1.15 bits per heavy atom. The van der Waals surface area contributed by atoms with E-state index in [0.717, 1.165) is 30.0 Å². The van der Waals surface area contributed by atoms with E-state index in [1.165, 1.54) is 0 Å². The first-order valence-electron chi connectivity index (χ1n) is 13.6. The number of likely N-dealkylation sites (tertiary alicyclic amines) is 1. The largest absolute Gasteiger partial charge is 0.508 e. The molecule has 0 radical (unpaired) electrons. The van der Waals surface area contributed by atoms with Gasteiger partial charge in [0.2, 0.25) is 5.91 Å². The Labute approximate surface area is 247 Å². The Balaban J connectivity index is 0.00000441. The molecule has 9 heteroatoms. The number of carbonyl (C=O) groups excluding carboxylic acids is 2. The van der Waals surface area contributed by atoms with Crippen molar-refractivity contribution in [2.24, 2.45) is 5.92 Å². The number of phenols is 1. The number of fused-ring (bicyclic) bond motifs is 1. The highest BCUT2D eigenvalue weighted by atomic mass is 32.2. The number of aliphatic hydroxyl groups is 1. The molecule has 5 atom stereocenters. The van der Waals surface area contributed by atoms with Crippen molar-refractivity contribution in [2.75, 3.05) is 24.6 Å². The molecule has 2 aliphatic rings. The van der Waals surface area contributed by atoms with Crippen LogP contribution in [-0.4, -0.2) is 80.5 Å². The van der Waals surface area contributed by atoms with Crippen LogP contribution in [0.15, 0.2) is 53.4 Å². The van der Waals surface area contributed by atoms with Crippen molar-refractivity contribution in [3.05, 3.63) is 59.7 Å². The molecule has 0 spiro atoms. The number of thioether (sulfide) groups is 2. The predicted molar refractivity (Wildman–Crippen MR) is 166 cm³/mol. The normalized spacial score (nSPS) is 22.5. The van der Waals surface area contributed by atoms with Gasteiger partial charge in [-0.2, -0.15) is 11.8 Å². The van der Waals surface area contributed by atoms with E-state index in [9.17, 15) is 19.8 Å².